The molecule has 0 fully saturated rings. The molecule has 0 bridgehead atoms. The number of hydrogen-bond donors (Lipinski definition) is 1. The van der Waals surface area contributed by atoms with Crippen LogP contribution >= 0.6 is 0 Å². The summed E-state index contributed by atoms with van der Waals surface area (Å²) >= 11 is 0. The van der Waals surface area contributed by atoms with E-state index in [-0.39, 0.29) is 0 Å². The zero-order valence-electron chi connectivity index (χ0n) is 10.6. The Balaban J connectivity index is 2.77. The standard InChI is InChI=1S/C13H21NO2/c1-10-7-12(9-14-3)8-11(2)13(10)16-6-5-15-4/h7-8,14H,5-6,9H2,1-4H3. The molecule has 1 rings (SSSR count). The van der Waals surface area contributed by atoms with Gasteiger partial charge in [-0.05, 0) is 37.6 Å². The topological polar surface area (TPSA) is 30.5 Å². The van der Waals surface area contributed by atoms with E-state index in [1.54, 1.807) is 7.11 Å². The normalized spacial score (nSPS) is 10.5. The van der Waals surface area contributed by atoms with Crippen LogP contribution in [0.5, 0.6) is 5.75 Å². The Labute approximate surface area is 97.8 Å². The molecule has 3 nitrogen and oxygen atoms in total. The third-order valence-corrected chi connectivity index (χ3v) is 2.43. The van der Waals surface area contributed by atoms with Crippen molar-refractivity contribution in [3.63, 3.8) is 0 Å². The summed E-state index contributed by atoms with van der Waals surface area (Å²) in [7, 11) is 3.63. The van der Waals surface area contributed by atoms with Crippen molar-refractivity contribution in [1.29, 1.82) is 0 Å². The summed E-state index contributed by atoms with van der Waals surface area (Å²) in [6.07, 6.45) is 0. The maximum atomic E-state index is 5.70. The largest absolute Gasteiger partial charge is 0.491 e. The van der Waals surface area contributed by atoms with Crippen molar-refractivity contribution in [2.45, 2.75) is 20.4 Å². The van der Waals surface area contributed by atoms with Gasteiger partial charge in [-0.2, -0.15) is 0 Å². The first kappa shape index (κ1) is 13.0. The van der Waals surface area contributed by atoms with Crippen LogP contribution in [0.1, 0.15) is 16.7 Å². The highest BCUT2D eigenvalue weighted by Crippen LogP contribution is 2.24. The van der Waals surface area contributed by atoms with E-state index >= 15 is 0 Å². The number of rotatable bonds is 6. The average Bonchev–Trinajstić information content (AvgIpc) is 2.23. The minimum atomic E-state index is 0.601. The molecular formula is C13H21NO2. The molecule has 0 aliphatic heterocycles. The van der Waals surface area contributed by atoms with Crippen LogP contribution in [0.15, 0.2) is 12.1 Å². The van der Waals surface area contributed by atoms with Crippen LogP contribution in [0, 0.1) is 13.8 Å². The fourth-order valence-electron chi connectivity index (χ4n) is 1.80. The smallest absolute Gasteiger partial charge is 0.125 e. The van der Waals surface area contributed by atoms with Gasteiger partial charge in [0.1, 0.15) is 12.4 Å². The Morgan fingerprint density at radius 3 is 2.25 bits per heavy atom. The van der Waals surface area contributed by atoms with Gasteiger partial charge in [-0.3, -0.25) is 0 Å². The van der Waals surface area contributed by atoms with Crippen LogP contribution in [-0.4, -0.2) is 27.4 Å². The molecule has 90 valence electrons. The zero-order chi connectivity index (χ0) is 12.0. The third kappa shape index (κ3) is 3.51. The molecule has 1 aromatic carbocycles. The monoisotopic (exact) mass is 223 g/mol. The van der Waals surface area contributed by atoms with E-state index in [1.807, 2.05) is 7.05 Å². The summed E-state index contributed by atoms with van der Waals surface area (Å²) in [5.74, 6) is 0.983. The number of hydrogen-bond acceptors (Lipinski definition) is 3. The summed E-state index contributed by atoms with van der Waals surface area (Å²) < 4.78 is 10.7. The first-order valence-corrected chi connectivity index (χ1v) is 5.55. The van der Waals surface area contributed by atoms with Crippen molar-refractivity contribution in [3.8, 4) is 5.75 Å². The molecule has 0 aliphatic rings. The molecule has 1 N–H and O–H groups in total. The van der Waals surface area contributed by atoms with E-state index in [0.717, 1.165) is 12.3 Å². The van der Waals surface area contributed by atoms with E-state index < -0.39 is 0 Å². The number of methoxy groups -OCH3 is 1. The number of nitrogens with one attached hydrogen (secondary N) is 1. The van der Waals surface area contributed by atoms with Crippen LogP contribution in [0.25, 0.3) is 0 Å². The molecule has 3 heteroatoms. The molecule has 0 saturated carbocycles. The highest BCUT2D eigenvalue weighted by Gasteiger charge is 2.05. The summed E-state index contributed by atoms with van der Waals surface area (Å²) in [6, 6.07) is 4.32. The Morgan fingerprint density at radius 1 is 1.12 bits per heavy atom. The molecule has 0 spiro atoms. The summed E-state index contributed by atoms with van der Waals surface area (Å²) in [5.41, 5.74) is 3.65. The maximum absolute atomic E-state index is 5.70. The van der Waals surface area contributed by atoms with Crippen LogP contribution in [0.3, 0.4) is 0 Å². The first-order chi connectivity index (χ1) is 7.69. The summed E-state index contributed by atoms with van der Waals surface area (Å²) in [6.45, 7) is 6.27. The Kier molecular flexibility index (Phi) is 5.29. The first-order valence-electron chi connectivity index (χ1n) is 5.55. The van der Waals surface area contributed by atoms with Crippen molar-refractivity contribution in [3.05, 3.63) is 28.8 Å². The second-order valence-electron chi connectivity index (χ2n) is 3.93. The number of aryl methyl sites for hydroxylation is 2. The van der Waals surface area contributed by atoms with Crippen molar-refractivity contribution in [2.24, 2.45) is 0 Å². The van der Waals surface area contributed by atoms with Crippen LogP contribution in [0.2, 0.25) is 0 Å². The van der Waals surface area contributed by atoms with Crippen molar-refractivity contribution >= 4 is 0 Å². The second kappa shape index (κ2) is 6.51. The lowest BCUT2D eigenvalue weighted by molar-refractivity contribution is 0.145. The average molecular weight is 223 g/mol. The van der Waals surface area contributed by atoms with E-state index in [2.05, 4.69) is 31.3 Å². The molecule has 0 atom stereocenters. The van der Waals surface area contributed by atoms with Crippen molar-refractivity contribution < 1.29 is 9.47 Å². The van der Waals surface area contributed by atoms with Gasteiger partial charge < -0.3 is 14.8 Å². The minimum Gasteiger partial charge on any atom is -0.491 e. The van der Waals surface area contributed by atoms with Gasteiger partial charge >= 0.3 is 0 Å². The predicted molar refractivity (Wildman–Crippen MR) is 66.1 cm³/mol. The molecule has 0 aromatic heterocycles. The minimum absolute atomic E-state index is 0.601. The highest BCUT2D eigenvalue weighted by molar-refractivity contribution is 5.43. The lowest BCUT2D eigenvalue weighted by atomic mass is 10.1. The molecule has 0 aliphatic carbocycles. The molecule has 16 heavy (non-hydrogen) atoms. The van der Waals surface area contributed by atoms with Gasteiger partial charge in [-0.1, -0.05) is 12.1 Å². The lowest BCUT2D eigenvalue weighted by Gasteiger charge is -2.13. The predicted octanol–water partition coefficient (Wildman–Crippen LogP) is 2.05. The Bertz CT molecular complexity index is 314. The van der Waals surface area contributed by atoms with Gasteiger partial charge in [0, 0.05) is 13.7 Å². The summed E-state index contributed by atoms with van der Waals surface area (Å²) in [5, 5.41) is 3.15. The maximum Gasteiger partial charge on any atom is 0.125 e. The van der Waals surface area contributed by atoms with Gasteiger partial charge in [-0.15, -0.1) is 0 Å². The van der Waals surface area contributed by atoms with E-state index in [0.29, 0.717) is 13.2 Å². The molecule has 0 saturated heterocycles. The second-order valence-corrected chi connectivity index (χ2v) is 3.93. The van der Waals surface area contributed by atoms with Gasteiger partial charge in [0.25, 0.3) is 0 Å². The number of benzene rings is 1. The van der Waals surface area contributed by atoms with Crippen molar-refractivity contribution in [2.75, 3.05) is 27.4 Å². The van der Waals surface area contributed by atoms with Gasteiger partial charge in [0.15, 0.2) is 0 Å². The third-order valence-electron chi connectivity index (χ3n) is 2.43. The molecular weight excluding hydrogens is 202 g/mol. The van der Waals surface area contributed by atoms with Crippen LogP contribution in [0.4, 0.5) is 0 Å². The SMILES string of the molecule is CNCc1cc(C)c(OCCOC)c(C)c1. The Morgan fingerprint density at radius 2 is 1.75 bits per heavy atom. The van der Waals surface area contributed by atoms with Crippen LogP contribution in [-0.2, 0) is 11.3 Å². The summed E-state index contributed by atoms with van der Waals surface area (Å²) in [4.78, 5) is 0. The molecule has 1 aromatic rings. The number of ether oxygens (including phenoxy) is 2. The lowest BCUT2D eigenvalue weighted by Crippen LogP contribution is -2.09. The van der Waals surface area contributed by atoms with E-state index in [1.165, 1.54) is 16.7 Å². The van der Waals surface area contributed by atoms with E-state index in [4.69, 9.17) is 9.47 Å². The quantitative estimate of drug-likeness (QED) is 0.749. The van der Waals surface area contributed by atoms with E-state index in [9.17, 15) is 0 Å². The Hall–Kier alpha value is -1.06. The fourth-order valence-corrected chi connectivity index (χ4v) is 1.80. The molecule has 0 radical (unpaired) electrons. The molecule has 0 unspecified atom stereocenters. The van der Waals surface area contributed by atoms with Gasteiger partial charge in [0.05, 0.1) is 6.61 Å². The van der Waals surface area contributed by atoms with Gasteiger partial charge in [-0.25, -0.2) is 0 Å². The fraction of sp³-hybridized carbons (Fsp3) is 0.538. The van der Waals surface area contributed by atoms with Gasteiger partial charge in [0.2, 0.25) is 0 Å². The molecule has 0 heterocycles. The zero-order valence-corrected chi connectivity index (χ0v) is 10.6. The van der Waals surface area contributed by atoms with Crippen molar-refractivity contribution in [1.82, 2.24) is 5.32 Å². The van der Waals surface area contributed by atoms with Crippen LogP contribution < -0.4 is 10.1 Å². The molecule has 0 amide bonds. The highest BCUT2D eigenvalue weighted by atomic mass is 16.5.